The van der Waals surface area contributed by atoms with Gasteiger partial charge in [-0.15, -0.1) is 0 Å². The molecule has 0 saturated carbocycles. The van der Waals surface area contributed by atoms with E-state index in [-0.39, 0.29) is 6.04 Å². The number of benzene rings is 1. The molecule has 1 aromatic carbocycles. The van der Waals surface area contributed by atoms with Gasteiger partial charge in [-0.1, -0.05) is 20.3 Å². The van der Waals surface area contributed by atoms with Crippen molar-refractivity contribution in [2.24, 2.45) is 5.73 Å². The first kappa shape index (κ1) is 14.9. The summed E-state index contributed by atoms with van der Waals surface area (Å²) in [6.07, 6.45) is 3.67. The van der Waals surface area contributed by atoms with Crippen LogP contribution in [0.2, 0.25) is 0 Å². The predicted octanol–water partition coefficient (Wildman–Crippen LogP) is 3.39. The molecule has 2 aromatic rings. The Morgan fingerprint density at radius 1 is 1.25 bits per heavy atom. The van der Waals surface area contributed by atoms with Crippen LogP contribution in [0.5, 0.6) is 0 Å². The molecule has 0 aliphatic heterocycles. The minimum absolute atomic E-state index is 0.0131. The SMILES string of the molecule is CCCCc1nc2cc(F)c(F)cc2n1CC(N)CC. The minimum atomic E-state index is -0.857. The van der Waals surface area contributed by atoms with Gasteiger partial charge in [0.05, 0.1) is 11.0 Å². The van der Waals surface area contributed by atoms with Gasteiger partial charge in [0, 0.05) is 31.1 Å². The smallest absolute Gasteiger partial charge is 0.161 e. The minimum Gasteiger partial charge on any atom is -0.326 e. The van der Waals surface area contributed by atoms with E-state index in [4.69, 9.17) is 5.73 Å². The number of hydrogen-bond donors (Lipinski definition) is 1. The van der Waals surface area contributed by atoms with E-state index in [0.29, 0.717) is 17.6 Å². The van der Waals surface area contributed by atoms with Crippen molar-refractivity contribution < 1.29 is 8.78 Å². The van der Waals surface area contributed by atoms with Crippen molar-refractivity contribution in [1.82, 2.24) is 9.55 Å². The molecular weight excluding hydrogens is 260 g/mol. The van der Waals surface area contributed by atoms with E-state index < -0.39 is 11.6 Å². The number of fused-ring (bicyclic) bond motifs is 1. The van der Waals surface area contributed by atoms with Crippen LogP contribution in [0.1, 0.15) is 38.9 Å². The summed E-state index contributed by atoms with van der Waals surface area (Å²) in [5.41, 5.74) is 7.13. The molecule has 0 aliphatic carbocycles. The van der Waals surface area contributed by atoms with E-state index in [1.807, 2.05) is 11.5 Å². The van der Waals surface area contributed by atoms with Crippen molar-refractivity contribution in [3.05, 3.63) is 29.6 Å². The second kappa shape index (κ2) is 6.31. The molecule has 2 rings (SSSR count). The molecule has 3 nitrogen and oxygen atoms in total. The third-order valence-corrected chi connectivity index (χ3v) is 3.56. The fourth-order valence-corrected chi connectivity index (χ4v) is 2.26. The maximum atomic E-state index is 13.5. The summed E-state index contributed by atoms with van der Waals surface area (Å²) in [5.74, 6) is -0.842. The highest BCUT2D eigenvalue weighted by Gasteiger charge is 2.15. The summed E-state index contributed by atoms with van der Waals surface area (Å²) >= 11 is 0. The number of nitrogens with two attached hydrogens (primary N) is 1. The number of aryl methyl sites for hydroxylation is 1. The second-order valence-corrected chi connectivity index (χ2v) is 5.17. The van der Waals surface area contributed by atoms with Crippen LogP contribution in [0.25, 0.3) is 11.0 Å². The molecule has 1 heterocycles. The Morgan fingerprint density at radius 3 is 2.60 bits per heavy atom. The normalized spacial score (nSPS) is 13.1. The molecule has 0 amide bonds. The fraction of sp³-hybridized carbons (Fsp3) is 0.533. The van der Waals surface area contributed by atoms with E-state index in [9.17, 15) is 8.78 Å². The van der Waals surface area contributed by atoms with Gasteiger partial charge in [-0.3, -0.25) is 0 Å². The van der Waals surface area contributed by atoms with E-state index in [2.05, 4.69) is 11.9 Å². The number of hydrogen-bond acceptors (Lipinski definition) is 2. The van der Waals surface area contributed by atoms with Crippen molar-refractivity contribution in [2.75, 3.05) is 0 Å². The Bertz CT molecular complexity index is 592. The van der Waals surface area contributed by atoms with Crippen LogP contribution >= 0.6 is 0 Å². The second-order valence-electron chi connectivity index (χ2n) is 5.17. The van der Waals surface area contributed by atoms with Crippen LogP contribution < -0.4 is 5.73 Å². The van der Waals surface area contributed by atoms with Crippen molar-refractivity contribution in [3.8, 4) is 0 Å². The van der Waals surface area contributed by atoms with Crippen LogP contribution in [-0.2, 0) is 13.0 Å². The third-order valence-electron chi connectivity index (χ3n) is 3.56. The molecule has 20 heavy (non-hydrogen) atoms. The van der Waals surface area contributed by atoms with Crippen molar-refractivity contribution in [3.63, 3.8) is 0 Å². The molecule has 1 unspecified atom stereocenters. The molecular formula is C15H21F2N3. The zero-order valence-electron chi connectivity index (χ0n) is 12.0. The zero-order chi connectivity index (χ0) is 14.7. The molecule has 0 radical (unpaired) electrons. The highest BCUT2D eigenvalue weighted by Crippen LogP contribution is 2.21. The lowest BCUT2D eigenvalue weighted by Gasteiger charge is -2.13. The van der Waals surface area contributed by atoms with Crippen molar-refractivity contribution in [1.29, 1.82) is 0 Å². The highest BCUT2D eigenvalue weighted by atomic mass is 19.2. The molecule has 0 aliphatic rings. The number of imidazole rings is 1. The van der Waals surface area contributed by atoms with E-state index in [1.165, 1.54) is 6.07 Å². The first-order chi connectivity index (χ1) is 9.56. The largest absolute Gasteiger partial charge is 0.326 e. The maximum Gasteiger partial charge on any atom is 0.161 e. The fourth-order valence-electron chi connectivity index (χ4n) is 2.26. The lowest BCUT2D eigenvalue weighted by molar-refractivity contribution is 0.507. The average Bonchev–Trinajstić information content (AvgIpc) is 2.74. The van der Waals surface area contributed by atoms with Crippen LogP contribution in [-0.4, -0.2) is 15.6 Å². The highest BCUT2D eigenvalue weighted by molar-refractivity contribution is 5.76. The van der Waals surface area contributed by atoms with Gasteiger partial charge in [-0.2, -0.15) is 0 Å². The average molecular weight is 281 g/mol. The standard InChI is InChI=1S/C15H21F2N3/c1-3-5-6-15-19-13-7-11(16)12(17)8-14(13)20(15)9-10(18)4-2/h7-8,10H,3-6,9,18H2,1-2H3. The number of aromatic nitrogens is 2. The molecule has 5 heteroatoms. The third kappa shape index (κ3) is 2.98. The Kier molecular flexibility index (Phi) is 4.70. The molecule has 2 N–H and O–H groups in total. The van der Waals surface area contributed by atoms with Gasteiger partial charge >= 0.3 is 0 Å². The summed E-state index contributed by atoms with van der Waals surface area (Å²) in [6, 6.07) is 2.37. The first-order valence-electron chi connectivity index (χ1n) is 7.16. The zero-order valence-corrected chi connectivity index (χ0v) is 12.0. The molecule has 0 spiro atoms. The summed E-state index contributed by atoms with van der Waals surface area (Å²) in [4.78, 5) is 4.44. The van der Waals surface area contributed by atoms with Crippen molar-refractivity contribution in [2.45, 2.75) is 52.1 Å². The van der Waals surface area contributed by atoms with Gasteiger partial charge in [0.15, 0.2) is 11.6 Å². The van der Waals surface area contributed by atoms with E-state index in [1.54, 1.807) is 0 Å². The molecule has 110 valence electrons. The van der Waals surface area contributed by atoms with Gasteiger partial charge in [0.1, 0.15) is 5.82 Å². The van der Waals surface area contributed by atoms with Crippen LogP contribution in [0.4, 0.5) is 8.78 Å². The first-order valence-corrected chi connectivity index (χ1v) is 7.16. The maximum absolute atomic E-state index is 13.5. The van der Waals surface area contributed by atoms with E-state index in [0.717, 1.165) is 37.6 Å². The summed E-state index contributed by atoms with van der Waals surface area (Å²) in [6.45, 7) is 4.69. The van der Waals surface area contributed by atoms with Gasteiger partial charge < -0.3 is 10.3 Å². The number of halogens is 2. The predicted molar refractivity (Wildman–Crippen MR) is 76.5 cm³/mol. The van der Waals surface area contributed by atoms with Crippen molar-refractivity contribution >= 4 is 11.0 Å². The quantitative estimate of drug-likeness (QED) is 0.882. The molecule has 1 atom stereocenters. The lowest BCUT2D eigenvalue weighted by Crippen LogP contribution is -2.26. The summed E-state index contributed by atoms with van der Waals surface area (Å²) in [7, 11) is 0. The van der Waals surface area contributed by atoms with Crippen LogP contribution in [0, 0.1) is 11.6 Å². The van der Waals surface area contributed by atoms with Crippen LogP contribution in [0.3, 0.4) is 0 Å². The van der Waals surface area contributed by atoms with Gasteiger partial charge in [-0.05, 0) is 12.8 Å². The van der Waals surface area contributed by atoms with E-state index >= 15 is 0 Å². The number of rotatable bonds is 6. The lowest BCUT2D eigenvalue weighted by atomic mass is 10.2. The molecule has 0 saturated heterocycles. The molecule has 0 bridgehead atoms. The van der Waals surface area contributed by atoms with Crippen LogP contribution in [0.15, 0.2) is 12.1 Å². The monoisotopic (exact) mass is 281 g/mol. The summed E-state index contributed by atoms with van der Waals surface area (Å²) in [5, 5.41) is 0. The van der Waals surface area contributed by atoms with Gasteiger partial charge in [0.25, 0.3) is 0 Å². The van der Waals surface area contributed by atoms with Gasteiger partial charge in [0.2, 0.25) is 0 Å². The molecule has 0 fully saturated rings. The number of unbranched alkanes of at least 4 members (excludes halogenated alkanes) is 1. The Morgan fingerprint density at radius 2 is 1.95 bits per heavy atom. The number of nitrogens with zero attached hydrogens (tertiary/aromatic N) is 2. The Labute approximate surface area is 117 Å². The Hall–Kier alpha value is -1.49. The molecule has 1 aromatic heterocycles. The summed E-state index contributed by atoms with van der Waals surface area (Å²) < 4.78 is 28.7. The van der Waals surface area contributed by atoms with Gasteiger partial charge in [-0.25, -0.2) is 13.8 Å². The topological polar surface area (TPSA) is 43.8 Å². The Balaban J connectivity index is 2.49.